The second kappa shape index (κ2) is 8.48. The number of anilines is 1. The Kier molecular flexibility index (Phi) is 5.60. The molecule has 8 heteroatoms. The molecule has 0 aliphatic carbocycles. The van der Waals surface area contributed by atoms with Crippen LogP contribution in [0.5, 0.6) is 11.5 Å². The number of ether oxygens (including phenoxy) is 1. The molecule has 0 radical (unpaired) electrons. The molecule has 0 bridgehead atoms. The maximum Gasteiger partial charge on any atom is 0.269 e. The molecule has 0 spiro atoms. The number of nitrogens with one attached hydrogen (secondary N) is 1. The van der Waals surface area contributed by atoms with Crippen molar-refractivity contribution < 1.29 is 14.3 Å². The van der Waals surface area contributed by atoms with Crippen LogP contribution in [0.15, 0.2) is 83.4 Å². The van der Waals surface area contributed by atoms with Crippen LogP contribution in [0.4, 0.5) is 5.69 Å². The second-order valence-corrected chi connectivity index (χ2v) is 7.22. The molecule has 0 aromatic heterocycles. The van der Waals surface area contributed by atoms with Crippen molar-refractivity contribution in [2.24, 2.45) is 10.9 Å². The molecular weight excluding hydrogens is 418 g/mol. The number of carbonyl (C=O) groups is 2. The molecule has 1 unspecified atom stereocenters. The Morgan fingerprint density at radius 1 is 1.00 bits per heavy atom. The van der Waals surface area contributed by atoms with Gasteiger partial charge in [0, 0.05) is 12.1 Å². The van der Waals surface area contributed by atoms with E-state index in [1.165, 1.54) is 11.0 Å². The zero-order valence-electron chi connectivity index (χ0n) is 15.5. The van der Waals surface area contributed by atoms with Crippen LogP contribution in [0.1, 0.15) is 0 Å². The third kappa shape index (κ3) is 4.10. The summed E-state index contributed by atoms with van der Waals surface area (Å²) in [6, 6.07) is 16.2. The van der Waals surface area contributed by atoms with Crippen LogP contribution in [0.2, 0.25) is 0 Å². The molecule has 2 aliphatic rings. The van der Waals surface area contributed by atoms with Gasteiger partial charge in [-0.05, 0) is 54.7 Å². The average Bonchev–Trinajstić information content (AvgIpc) is 2.74. The lowest BCUT2D eigenvalue weighted by Gasteiger charge is -2.29. The first-order valence-electron chi connectivity index (χ1n) is 9.02. The van der Waals surface area contributed by atoms with E-state index >= 15 is 0 Å². The van der Waals surface area contributed by atoms with E-state index in [4.69, 9.17) is 29.2 Å². The number of thiocarbonyl (C=S) groups is 2. The van der Waals surface area contributed by atoms with Crippen molar-refractivity contribution in [3.63, 3.8) is 0 Å². The van der Waals surface area contributed by atoms with E-state index in [-0.39, 0.29) is 10.7 Å². The predicted octanol–water partition coefficient (Wildman–Crippen LogP) is 3.74. The fourth-order valence-corrected chi connectivity index (χ4v) is 3.45. The van der Waals surface area contributed by atoms with Crippen molar-refractivity contribution >= 4 is 58.3 Å². The molecule has 1 N–H and O–H groups in total. The summed E-state index contributed by atoms with van der Waals surface area (Å²) in [7, 11) is 0. The number of hydrogen-bond acceptors (Lipinski definition) is 5. The van der Waals surface area contributed by atoms with Crippen LogP contribution in [0.25, 0.3) is 0 Å². The monoisotopic (exact) mass is 433 g/mol. The van der Waals surface area contributed by atoms with Crippen molar-refractivity contribution in [2.75, 3.05) is 4.90 Å². The van der Waals surface area contributed by atoms with Gasteiger partial charge in [-0.1, -0.05) is 42.6 Å². The zero-order chi connectivity index (χ0) is 21.1. The molecule has 2 aromatic rings. The molecule has 6 nitrogen and oxygen atoms in total. The molecule has 4 rings (SSSR count). The van der Waals surface area contributed by atoms with Crippen LogP contribution in [-0.2, 0) is 9.59 Å². The summed E-state index contributed by atoms with van der Waals surface area (Å²) >= 11 is 10.4. The lowest BCUT2D eigenvalue weighted by Crippen LogP contribution is -2.54. The first-order valence-corrected chi connectivity index (χ1v) is 9.84. The SMILES string of the molecule is O=C1NC(=S)N(c2ccc(Oc3ccccc3)cc2)C(=O)C1=CC1C=CC=NC1=S. The highest BCUT2D eigenvalue weighted by Crippen LogP contribution is 2.27. The minimum Gasteiger partial charge on any atom is -0.457 e. The number of dihydropyridines is 1. The Balaban J connectivity index is 1.58. The van der Waals surface area contributed by atoms with E-state index in [1.807, 2.05) is 30.3 Å². The predicted molar refractivity (Wildman–Crippen MR) is 123 cm³/mol. The van der Waals surface area contributed by atoms with Gasteiger partial charge >= 0.3 is 0 Å². The molecule has 1 fully saturated rings. The van der Waals surface area contributed by atoms with Crippen molar-refractivity contribution in [1.29, 1.82) is 0 Å². The summed E-state index contributed by atoms with van der Waals surface area (Å²) in [6.45, 7) is 0. The molecule has 2 aliphatic heterocycles. The van der Waals surface area contributed by atoms with Gasteiger partial charge in [0.25, 0.3) is 11.8 Å². The minimum absolute atomic E-state index is 0.0126. The fraction of sp³-hybridized carbons (Fsp3) is 0.0455. The number of nitrogens with zero attached hydrogens (tertiary/aromatic N) is 2. The number of aliphatic imine (C=N–C) groups is 1. The number of amides is 2. The van der Waals surface area contributed by atoms with E-state index in [0.29, 0.717) is 22.2 Å². The average molecular weight is 434 g/mol. The molecule has 1 saturated heterocycles. The van der Waals surface area contributed by atoms with Crippen molar-refractivity contribution in [3.05, 3.63) is 78.4 Å². The molecule has 2 heterocycles. The maximum absolute atomic E-state index is 13.1. The van der Waals surface area contributed by atoms with Gasteiger partial charge in [-0.25, -0.2) is 4.99 Å². The highest BCUT2D eigenvalue weighted by Gasteiger charge is 2.35. The van der Waals surface area contributed by atoms with Gasteiger partial charge in [0.05, 0.1) is 5.69 Å². The molecule has 1 atom stereocenters. The Hall–Kier alpha value is -3.49. The molecule has 0 saturated carbocycles. The highest BCUT2D eigenvalue weighted by molar-refractivity contribution is 7.80. The number of para-hydroxylation sites is 1. The quantitative estimate of drug-likeness (QED) is 0.452. The lowest BCUT2D eigenvalue weighted by molar-refractivity contribution is -0.122. The number of rotatable bonds is 4. The normalized spacial score (nSPS) is 19.9. The van der Waals surface area contributed by atoms with E-state index in [0.717, 1.165) is 0 Å². The minimum atomic E-state index is -0.559. The number of allylic oxidation sites excluding steroid dienone is 1. The van der Waals surface area contributed by atoms with Crippen LogP contribution in [-0.4, -0.2) is 28.1 Å². The highest BCUT2D eigenvalue weighted by atomic mass is 32.1. The van der Waals surface area contributed by atoms with Gasteiger partial charge in [0.1, 0.15) is 22.1 Å². The number of carbonyl (C=O) groups excluding carboxylic acids is 2. The number of hydrogen-bond donors (Lipinski definition) is 1. The van der Waals surface area contributed by atoms with Crippen molar-refractivity contribution in [2.45, 2.75) is 0 Å². The topological polar surface area (TPSA) is 71.0 Å². The Bertz CT molecular complexity index is 1120. The van der Waals surface area contributed by atoms with Gasteiger partial charge in [0.2, 0.25) is 0 Å². The lowest BCUT2D eigenvalue weighted by atomic mass is 10.0. The zero-order valence-corrected chi connectivity index (χ0v) is 17.2. The van der Waals surface area contributed by atoms with Gasteiger partial charge in [-0.3, -0.25) is 19.8 Å². The summed E-state index contributed by atoms with van der Waals surface area (Å²) in [5.74, 6) is -0.186. The van der Waals surface area contributed by atoms with E-state index in [1.54, 1.807) is 42.6 Å². The fourth-order valence-electron chi connectivity index (χ4n) is 2.96. The van der Waals surface area contributed by atoms with Gasteiger partial charge in [-0.15, -0.1) is 0 Å². The summed E-state index contributed by atoms with van der Waals surface area (Å²) in [5.41, 5.74) is 0.471. The molecular formula is C22H15N3O3S2. The second-order valence-electron chi connectivity index (χ2n) is 6.42. The van der Waals surface area contributed by atoms with Crippen LogP contribution >= 0.6 is 24.4 Å². The number of benzene rings is 2. The van der Waals surface area contributed by atoms with E-state index < -0.39 is 17.7 Å². The van der Waals surface area contributed by atoms with Crippen LogP contribution < -0.4 is 15.0 Å². The van der Waals surface area contributed by atoms with Crippen molar-refractivity contribution in [3.8, 4) is 11.5 Å². The van der Waals surface area contributed by atoms with Gasteiger partial charge in [-0.2, -0.15) is 0 Å². The molecule has 2 aromatic carbocycles. The largest absolute Gasteiger partial charge is 0.457 e. The molecule has 30 heavy (non-hydrogen) atoms. The van der Waals surface area contributed by atoms with Crippen LogP contribution in [0, 0.1) is 5.92 Å². The first kappa shape index (κ1) is 19.8. The maximum atomic E-state index is 13.1. The third-order valence-electron chi connectivity index (χ3n) is 4.41. The smallest absolute Gasteiger partial charge is 0.269 e. The third-order valence-corrected chi connectivity index (χ3v) is 5.08. The van der Waals surface area contributed by atoms with E-state index in [2.05, 4.69) is 10.3 Å². The van der Waals surface area contributed by atoms with Gasteiger partial charge < -0.3 is 4.74 Å². The Morgan fingerprint density at radius 2 is 1.70 bits per heavy atom. The van der Waals surface area contributed by atoms with Gasteiger partial charge in [0.15, 0.2) is 5.11 Å². The van der Waals surface area contributed by atoms with E-state index in [9.17, 15) is 9.59 Å². The summed E-state index contributed by atoms with van der Waals surface area (Å²) in [6.07, 6.45) is 6.57. The molecule has 2 amide bonds. The summed E-state index contributed by atoms with van der Waals surface area (Å²) < 4.78 is 5.77. The summed E-state index contributed by atoms with van der Waals surface area (Å²) in [5, 5.41) is 2.57. The van der Waals surface area contributed by atoms with Crippen molar-refractivity contribution in [1.82, 2.24) is 5.32 Å². The Labute approximate surface area is 183 Å². The van der Waals surface area contributed by atoms with Crippen LogP contribution in [0.3, 0.4) is 0 Å². The first-order chi connectivity index (χ1) is 14.5. The Morgan fingerprint density at radius 3 is 2.40 bits per heavy atom. The molecule has 148 valence electrons. The standard InChI is InChI=1S/C22H15N3O3S2/c26-19-18(13-14-5-4-12-23-20(14)29)21(27)25(22(30)24-19)15-8-10-17(11-9-15)28-16-6-2-1-3-7-16/h1-14H,(H,24,26,30). The summed E-state index contributed by atoms with van der Waals surface area (Å²) in [4.78, 5) is 31.2.